The van der Waals surface area contributed by atoms with Gasteiger partial charge in [0, 0.05) is 5.56 Å². The van der Waals surface area contributed by atoms with E-state index in [1.165, 1.54) is 11.3 Å². The van der Waals surface area contributed by atoms with E-state index in [4.69, 9.17) is 11.6 Å². The number of carbonyl (C=O) groups excluding carboxylic acids is 1. The first-order valence-electron chi connectivity index (χ1n) is 5.51. The number of rotatable bonds is 2. The minimum Gasteiger partial charge on any atom is -0.298 e. The highest BCUT2D eigenvalue weighted by Crippen LogP contribution is 2.27. The van der Waals surface area contributed by atoms with E-state index in [-0.39, 0.29) is 5.91 Å². The first kappa shape index (κ1) is 12.1. The molecule has 1 aromatic carbocycles. The van der Waals surface area contributed by atoms with Gasteiger partial charge in [0.2, 0.25) is 0 Å². The number of hydrogen-bond acceptors (Lipinski definition) is 4. The van der Waals surface area contributed by atoms with Crippen molar-refractivity contribution < 1.29 is 4.79 Å². The van der Waals surface area contributed by atoms with Crippen LogP contribution in [0.15, 0.2) is 42.6 Å². The lowest BCUT2D eigenvalue weighted by Gasteiger charge is -2.00. The highest BCUT2D eigenvalue weighted by molar-refractivity contribution is 7.22. The van der Waals surface area contributed by atoms with Crippen molar-refractivity contribution in [2.24, 2.45) is 0 Å². The molecule has 0 atom stereocenters. The maximum absolute atomic E-state index is 12.0. The molecule has 2 heterocycles. The van der Waals surface area contributed by atoms with Crippen molar-refractivity contribution >= 4 is 44.2 Å². The van der Waals surface area contributed by atoms with Crippen molar-refractivity contribution in [1.29, 1.82) is 0 Å². The van der Waals surface area contributed by atoms with Gasteiger partial charge in [0.15, 0.2) is 5.13 Å². The number of thiazole rings is 1. The van der Waals surface area contributed by atoms with E-state index in [0.29, 0.717) is 15.8 Å². The van der Waals surface area contributed by atoms with Crippen LogP contribution in [0.3, 0.4) is 0 Å². The summed E-state index contributed by atoms with van der Waals surface area (Å²) in [7, 11) is 0. The zero-order valence-electron chi connectivity index (χ0n) is 9.63. The third kappa shape index (κ3) is 2.57. The van der Waals surface area contributed by atoms with Crippen LogP contribution in [-0.4, -0.2) is 15.9 Å². The standard InChI is InChI=1S/C13H8ClN3OS/c14-11-6-10-9(7-15-11)16-13(19-10)17-12(18)8-4-2-1-3-5-8/h1-7H,(H,16,17,18). The molecular formula is C13H8ClN3OS. The second-order valence-electron chi connectivity index (χ2n) is 3.81. The van der Waals surface area contributed by atoms with E-state index >= 15 is 0 Å². The second-order valence-corrected chi connectivity index (χ2v) is 5.23. The highest BCUT2D eigenvalue weighted by atomic mass is 35.5. The average molecular weight is 290 g/mol. The number of pyridine rings is 1. The van der Waals surface area contributed by atoms with Crippen LogP contribution in [0, 0.1) is 0 Å². The maximum atomic E-state index is 12.0. The van der Waals surface area contributed by atoms with Gasteiger partial charge in [-0.05, 0) is 18.2 Å². The number of hydrogen-bond donors (Lipinski definition) is 1. The van der Waals surface area contributed by atoms with Gasteiger partial charge in [0.05, 0.1) is 10.9 Å². The number of anilines is 1. The summed E-state index contributed by atoms with van der Waals surface area (Å²) in [5.74, 6) is -0.182. The first-order valence-corrected chi connectivity index (χ1v) is 6.70. The molecule has 2 aromatic heterocycles. The van der Waals surface area contributed by atoms with Gasteiger partial charge < -0.3 is 0 Å². The lowest BCUT2D eigenvalue weighted by atomic mass is 10.2. The Kier molecular flexibility index (Phi) is 3.15. The minimum absolute atomic E-state index is 0.182. The molecule has 0 radical (unpaired) electrons. The molecule has 0 aliphatic heterocycles. The zero-order valence-corrected chi connectivity index (χ0v) is 11.2. The van der Waals surface area contributed by atoms with Crippen LogP contribution in [0.1, 0.15) is 10.4 Å². The van der Waals surface area contributed by atoms with Crippen molar-refractivity contribution in [3.05, 3.63) is 53.3 Å². The molecule has 0 saturated heterocycles. The number of carbonyl (C=O) groups is 1. The van der Waals surface area contributed by atoms with Gasteiger partial charge in [0.25, 0.3) is 5.91 Å². The molecule has 1 N–H and O–H groups in total. The summed E-state index contributed by atoms with van der Waals surface area (Å²) < 4.78 is 0.892. The predicted molar refractivity (Wildman–Crippen MR) is 76.8 cm³/mol. The van der Waals surface area contributed by atoms with E-state index in [0.717, 1.165) is 10.2 Å². The first-order chi connectivity index (χ1) is 9.22. The summed E-state index contributed by atoms with van der Waals surface area (Å²) >= 11 is 7.18. The summed E-state index contributed by atoms with van der Waals surface area (Å²) in [4.78, 5) is 20.2. The van der Waals surface area contributed by atoms with Crippen LogP contribution in [0.2, 0.25) is 5.15 Å². The van der Waals surface area contributed by atoms with Crippen molar-refractivity contribution in [2.75, 3.05) is 5.32 Å². The summed E-state index contributed by atoms with van der Waals surface area (Å²) in [5, 5.41) is 3.71. The number of benzene rings is 1. The van der Waals surface area contributed by atoms with Crippen LogP contribution >= 0.6 is 22.9 Å². The van der Waals surface area contributed by atoms with Crippen LogP contribution in [0.5, 0.6) is 0 Å². The molecule has 0 bridgehead atoms. The third-order valence-corrected chi connectivity index (χ3v) is 3.64. The third-order valence-electron chi connectivity index (χ3n) is 2.50. The summed E-state index contributed by atoms with van der Waals surface area (Å²) in [6, 6.07) is 10.7. The molecule has 1 amide bonds. The molecule has 94 valence electrons. The Labute approximate surface area is 118 Å². The van der Waals surface area contributed by atoms with Crippen LogP contribution < -0.4 is 5.32 Å². The van der Waals surface area contributed by atoms with Crippen LogP contribution in [-0.2, 0) is 0 Å². The Morgan fingerprint density at radius 2 is 2.05 bits per heavy atom. The lowest BCUT2D eigenvalue weighted by molar-refractivity contribution is 0.102. The number of amides is 1. The Hall–Kier alpha value is -1.98. The van der Waals surface area contributed by atoms with Crippen molar-refractivity contribution in [3.63, 3.8) is 0 Å². The summed E-state index contributed by atoms with van der Waals surface area (Å²) in [6.45, 7) is 0. The van der Waals surface area contributed by atoms with Crippen LogP contribution in [0.4, 0.5) is 5.13 Å². The molecule has 0 unspecified atom stereocenters. The molecule has 0 spiro atoms. The van der Waals surface area contributed by atoms with E-state index in [2.05, 4.69) is 15.3 Å². The average Bonchev–Trinajstić information content (AvgIpc) is 2.81. The lowest BCUT2D eigenvalue weighted by Crippen LogP contribution is -2.11. The molecule has 4 nitrogen and oxygen atoms in total. The minimum atomic E-state index is -0.182. The normalized spacial score (nSPS) is 10.6. The quantitative estimate of drug-likeness (QED) is 0.733. The molecule has 0 fully saturated rings. The number of nitrogens with one attached hydrogen (secondary N) is 1. The maximum Gasteiger partial charge on any atom is 0.257 e. The summed E-state index contributed by atoms with van der Waals surface area (Å²) in [5.41, 5.74) is 1.32. The van der Waals surface area contributed by atoms with Gasteiger partial charge in [-0.1, -0.05) is 41.1 Å². The summed E-state index contributed by atoms with van der Waals surface area (Å²) in [6.07, 6.45) is 1.59. The van der Waals surface area contributed by atoms with Gasteiger partial charge in [-0.3, -0.25) is 10.1 Å². The number of aromatic nitrogens is 2. The second kappa shape index (κ2) is 4.95. The van der Waals surface area contributed by atoms with Crippen molar-refractivity contribution in [2.45, 2.75) is 0 Å². The zero-order chi connectivity index (χ0) is 13.2. The van der Waals surface area contributed by atoms with E-state index in [1.54, 1.807) is 24.4 Å². The van der Waals surface area contributed by atoms with Gasteiger partial charge in [-0.25, -0.2) is 9.97 Å². The Morgan fingerprint density at radius 3 is 2.84 bits per heavy atom. The molecule has 0 aliphatic rings. The smallest absolute Gasteiger partial charge is 0.257 e. The van der Waals surface area contributed by atoms with E-state index in [1.807, 2.05) is 18.2 Å². The SMILES string of the molecule is O=C(Nc1nc2cnc(Cl)cc2s1)c1ccccc1. The van der Waals surface area contributed by atoms with Gasteiger partial charge in [-0.2, -0.15) is 0 Å². The molecule has 3 rings (SSSR count). The number of fused-ring (bicyclic) bond motifs is 1. The molecule has 0 aliphatic carbocycles. The van der Waals surface area contributed by atoms with E-state index < -0.39 is 0 Å². The topological polar surface area (TPSA) is 54.9 Å². The molecule has 3 aromatic rings. The molecular weight excluding hydrogens is 282 g/mol. The van der Waals surface area contributed by atoms with Crippen molar-refractivity contribution in [1.82, 2.24) is 9.97 Å². The van der Waals surface area contributed by atoms with E-state index in [9.17, 15) is 4.79 Å². The van der Waals surface area contributed by atoms with Crippen LogP contribution in [0.25, 0.3) is 10.2 Å². The van der Waals surface area contributed by atoms with Gasteiger partial charge in [0.1, 0.15) is 10.7 Å². The number of halogens is 1. The predicted octanol–water partition coefficient (Wildman–Crippen LogP) is 3.60. The van der Waals surface area contributed by atoms with Gasteiger partial charge >= 0.3 is 0 Å². The monoisotopic (exact) mass is 289 g/mol. The molecule has 6 heteroatoms. The highest BCUT2D eigenvalue weighted by Gasteiger charge is 2.09. The fourth-order valence-electron chi connectivity index (χ4n) is 1.62. The van der Waals surface area contributed by atoms with Gasteiger partial charge in [-0.15, -0.1) is 0 Å². The Balaban J connectivity index is 1.87. The fraction of sp³-hybridized carbons (Fsp3) is 0. The largest absolute Gasteiger partial charge is 0.298 e. The van der Waals surface area contributed by atoms with Crippen molar-refractivity contribution in [3.8, 4) is 0 Å². The molecule has 19 heavy (non-hydrogen) atoms. The fourth-order valence-corrected chi connectivity index (χ4v) is 2.71. The molecule has 0 saturated carbocycles. The number of nitrogens with zero attached hydrogens (tertiary/aromatic N) is 2. The Bertz CT molecular complexity index is 742. The Morgan fingerprint density at radius 1 is 1.26 bits per heavy atom.